The van der Waals surface area contributed by atoms with Crippen LogP contribution in [0.5, 0.6) is 0 Å². The van der Waals surface area contributed by atoms with Crippen molar-refractivity contribution >= 4 is 0 Å². The quantitative estimate of drug-likeness (QED) is 0.755. The average molecular weight is 199 g/mol. The molecule has 2 N–H and O–H groups in total. The van der Waals surface area contributed by atoms with Crippen molar-refractivity contribution in [2.24, 2.45) is 11.7 Å². The van der Waals surface area contributed by atoms with E-state index in [2.05, 4.69) is 20.8 Å². The fourth-order valence-electron chi connectivity index (χ4n) is 2.78. The van der Waals surface area contributed by atoms with Crippen LogP contribution in [0.1, 0.15) is 52.9 Å². The average Bonchev–Trinajstić information content (AvgIpc) is 2.17. The summed E-state index contributed by atoms with van der Waals surface area (Å²) in [4.78, 5) is 0. The molecule has 0 aromatic heterocycles. The lowest BCUT2D eigenvalue weighted by Crippen LogP contribution is -2.52. The van der Waals surface area contributed by atoms with Crippen LogP contribution >= 0.6 is 0 Å². The van der Waals surface area contributed by atoms with Crippen molar-refractivity contribution in [1.29, 1.82) is 0 Å². The number of rotatable bonds is 4. The van der Waals surface area contributed by atoms with Gasteiger partial charge in [-0.15, -0.1) is 0 Å². The third kappa shape index (κ3) is 2.48. The normalized spacial score (nSPS) is 35.6. The molecule has 0 bridgehead atoms. The minimum absolute atomic E-state index is 0.0127. The van der Waals surface area contributed by atoms with E-state index in [9.17, 15) is 0 Å². The Labute approximate surface area is 88.2 Å². The minimum Gasteiger partial charge on any atom is -0.374 e. The highest BCUT2D eigenvalue weighted by molar-refractivity contribution is 4.94. The van der Waals surface area contributed by atoms with Crippen LogP contribution in [-0.4, -0.2) is 18.2 Å². The lowest BCUT2D eigenvalue weighted by molar-refractivity contribution is -0.0932. The number of ether oxygens (including phenoxy) is 1. The van der Waals surface area contributed by atoms with Crippen molar-refractivity contribution in [2.45, 2.75) is 64.5 Å². The van der Waals surface area contributed by atoms with Crippen molar-refractivity contribution in [3.8, 4) is 0 Å². The third-order valence-electron chi connectivity index (χ3n) is 3.54. The monoisotopic (exact) mass is 199 g/mol. The molecule has 1 saturated carbocycles. The zero-order valence-electron chi connectivity index (χ0n) is 9.88. The molecular formula is C12H25NO. The van der Waals surface area contributed by atoms with E-state index in [1.54, 1.807) is 0 Å². The Morgan fingerprint density at radius 3 is 2.71 bits per heavy atom. The van der Waals surface area contributed by atoms with Gasteiger partial charge in [-0.1, -0.05) is 26.7 Å². The van der Waals surface area contributed by atoms with Crippen LogP contribution in [0, 0.1) is 5.92 Å². The van der Waals surface area contributed by atoms with E-state index in [1.807, 2.05) is 0 Å². The van der Waals surface area contributed by atoms with Gasteiger partial charge in [0.05, 0.1) is 5.60 Å². The zero-order valence-corrected chi connectivity index (χ0v) is 9.88. The topological polar surface area (TPSA) is 35.2 Å². The van der Waals surface area contributed by atoms with E-state index >= 15 is 0 Å². The van der Waals surface area contributed by atoms with Crippen LogP contribution in [-0.2, 0) is 4.74 Å². The van der Waals surface area contributed by atoms with Gasteiger partial charge in [0.25, 0.3) is 0 Å². The molecule has 1 fully saturated rings. The summed E-state index contributed by atoms with van der Waals surface area (Å²) in [6, 6.07) is 0.213. The van der Waals surface area contributed by atoms with Crippen LogP contribution in [0.2, 0.25) is 0 Å². The molecule has 1 aliphatic rings. The Bertz CT molecular complexity index is 168. The van der Waals surface area contributed by atoms with Gasteiger partial charge in [-0.05, 0) is 32.1 Å². The molecule has 0 aromatic rings. The van der Waals surface area contributed by atoms with Gasteiger partial charge in [0.1, 0.15) is 0 Å². The molecule has 0 heterocycles. The Kier molecular flexibility index (Phi) is 4.39. The highest BCUT2D eigenvalue weighted by atomic mass is 16.5. The number of nitrogens with two attached hydrogens (primary N) is 1. The van der Waals surface area contributed by atoms with Crippen molar-refractivity contribution < 1.29 is 4.74 Å². The van der Waals surface area contributed by atoms with Crippen LogP contribution < -0.4 is 5.73 Å². The van der Waals surface area contributed by atoms with Crippen molar-refractivity contribution in [3.63, 3.8) is 0 Å². The molecule has 14 heavy (non-hydrogen) atoms. The second-order valence-electron chi connectivity index (χ2n) is 4.71. The first-order valence-corrected chi connectivity index (χ1v) is 6.04. The summed E-state index contributed by atoms with van der Waals surface area (Å²) in [5.41, 5.74) is 6.19. The molecule has 1 rings (SSSR count). The first-order chi connectivity index (χ1) is 6.64. The molecule has 84 valence electrons. The van der Waals surface area contributed by atoms with Crippen LogP contribution in [0.15, 0.2) is 0 Å². The van der Waals surface area contributed by atoms with Crippen LogP contribution in [0.25, 0.3) is 0 Å². The Morgan fingerprint density at radius 2 is 2.21 bits per heavy atom. The van der Waals surface area contributed by atoms with E-state index in [0.29, 0.717) is 0 Å². The summed E-state index contributed by atoms with van der Waals surface area (Å²) in [6.45, 7) is 7.34. The number of hydrogen-bond donors (Lipinski definition) is 1. The van der Waals surface area contributed by atoms with Gasteiger partial charge >= 0.3 is 0 Å². The second kappa shape index (κ2) is 5.13. The largest absolute Gasteiger partial charge is 0.374 e. The maximum absolute atomic E-state index is 6.21. The van der Waals surface area contributed by atoms with Crippen LogP contribution in [0.3, 0.4) is 0 Å². The highest BCUT2D eigenvalue weighted by Gasteiger charge is 2.39. The fraction of sp³-hybridized carbons (Fsp3) is 1.00. The Balaban J connectivity index is 2.68. The van der Waals surface area contributed by atoms with Crippen molar-refractivity contribution in [2.75, 3.05) is 6.61 Å². The van der Waals surface area contributed by atoms with E-state index in [-0.39, 0.29) is 11.6 Å². The molecule has 0 amide bonds. The summed E-state index contributed by atoms with van der Waals surface area (Å²) in [7, 11) is 0. The third-order valence-corrected chi connectivity index (χ3v) is 3.54. The van der Waals surface area contributed by atoms with E-state index < -0.39 is 0 Å². The molecule has 0 radical (unpaired) electrons. The predicted octanol–water partition coefficient (Wildman–Crippen LogP) is 2.71. The molecule has 0 aliphatic heterocycles. The zero-order chi connectivity index (χ0) is 10.6. The highest BCUT2D eigenvalue weighted by Crippen LogP contribution is 2.37. The molecule has 3 atom stereocenters. The fourth-order valence-corrected chi connectivity index (χ4v) is 2.78. The van der Waals surface area contributed by atoms with Gasteiger partial charge in [-0.25, -0.2) is 0 Å². The SMILES string of the molecule is CCOC1([C@H](N)CC)CCCC(C)C1. The maximum Gasteiger partial charge on any atom is 0.0834 e. The minimum atomic E-state index is -0.0127. The second-order valence-corrected chi connectivity index (χ2v) is 4.71. The molecule has 1 aliphatic carbocycles. The summed E-state index contributed by atoms with van der Waals surface area (Å²) in [6.07, 6.45) is 5.93. The van der Waals surface area contributed by atoms with Crippen LogP contribution in [0.4, 0.5) is 0 Å². The van der Waals surface area contributed by atoms with Gasteiger partial charge in [-0.2, -0.15) is 0 Å². The van der Waals surface area contributed by atoms with Gasteiger partial charge in [0.15, 0.2) is 0 Å². The van der Waals surface area contributed by atoms with Gasteiger partial charge in [0, 0.05) is 12.6 Å². The smallest absolute Gasteiger partial charge is 0.0834 e. The summed E-state index contributed by atoms with van der Waals surface area (Å²) in [5, 5.41) is 0. The van der Waals surface area contributed by atoms with Gasteiger partial charge in [-0.3, -0.25) is 0 Å². The van der Waals surface area contributed by atoms with Crippen molar-refractivity contribution in [3.05, 3.63) is 0 Å². The lowest BCUT2D eigenvalue weighted by Gasteiger charge is -2.43. The van der Waals surface area contributed by atoms with Gasteiger partial charge < -0.3 is 10.5 Å². The first-order valence-electron chi connectivity index (χ1n) is 6.04. The summed E-state index contributed by atoms with van der Waals surface area (Å²) < 4.78 is 5.97. The molecule has 2 heteroatoms. The molecule has 0 aromatic carbocycles. The molecule has 0 spiro atoms. The molecular weight excluding hydrogens is 174 g/mol. The summed E-state index contributed by atoms with van der Waals surface area (Å²) >= 11 is 0. The Hall–Kier alpha value is -0.0800. The van der Waals surface area contributed by atoms with E-state index in [4.69, 9.17) is 10.5 Å². The molecule has 2 unspecified atom stereocenters. The molecule has 2 nitrogen and oxygen atoms in total. The van der Waals surface area contributed by atoms with Gasteiger partial charge in [0.2, 0.25) is 0 Å². The van der Waals surface area contributed by atoms with Crippen molar-refractivity contribution in [1.82, 2.24) is 0 Å². The summed E-state index contributed by atoms with van der Waals surface area (Å²) in [5.74, 6) is 0.771. The maximum atomic E-state index is 6.21. The van der Waals surface area contributed by atoms with E-state index in [1.165, 1.54) is 12.8 Å². The number of hydrogen-bond acceptors (Lipinski definition) is 2. The van der Waals surface area contributed by atoms with E-state index in [0.717, 1.165) is 31.8 Å². The first kappa shape index (κ1) is 12.0. The lowest BCUT2D eigenvalue weighted by atomic mass is 9.74. The Morgan fingerprint density at radius 1 is 1.50 bits per heavy atom. The predicted molar refractivity (Wildman–Crippen MR) is 60.3 cm³/mol. The standard InChI is InChI=1S/C12H25NO/c1-4-11(13)12(14-5-2)8-6-7-10(3)9-12/h10-11H,4-9,13H2,1-3H3/t10?,11-,12?/m1/s1. The molecule has 0 saturated heterocycles.